The average Bonchev–Trinajstić information content (AvgIpc) is 2.36. The molecule has 0 radical (unpaired) electrons. The van der Waals surface area contributed by atoms with Crippen LogP contribution in [0.15, 0.2) is 0 Å². The van der Waals surface area contributed by atoms with Gasteiger partial charge in [0, 0.05) is 12.6 Å². The predicted molar refractivity (Wildman–Crippen MR) is 81.3 cm³/mol. The van der Waals surface area contributed by atoms with Crippen LogP contribution in [0.3, 0.4) is 0 Å². The van der Waals surface area contributed by atoms with Crippen LogP contribution >= 0.6 is 0 Å². The fourth-order valence-electron chi connectivity index (χ4n) is 3.64. The van der Waals surface area contributed by atoms with Crippen molar-refractivity contribution in [2.45, 2.75) is 59.2 Å². The molecule has 1 fully saturated rings. The number of hydrogen-bond acceptors (Lipinski definition) is 2. The molecule has 0 spiro atoms. The van der Waals surface area contributed by atoms with Crippen LogP contribution in [0.5, 0.6) is 0 Å². The smallest absolute Gasteiger partial charge is 0.314 e. The van der Waals surface area contributed by atoms with Crippen molar-refractivity contribution in [3.8, 4) is 0 Å². The highest BCUT2D eigenvalue weighted by Gasteiger charge is 2.37. The normalized spacial score (nSPS) is 30.9. The first kappa shape index (κ1) is 18.8. The Balaban J connectivity index is 2.69. The Morgan fingerprint density at radius 1 is 1.14 bits per heavy atom. The van der Waals surface area contributed by atoms with Crippen molar-refractivity contribution in [1.82, 2.24) is 10.2 Å². The molecule has 0 aromatic carbocycles. The second kappa shape index (κ2) is 8.37. The Morgan fingerprint density at radius 2 is 1.81 bits per heavy atom. The van der Waals surface area contributed by atoms with Gasteiger partial charge in [-0.25, -0.2) is 0 Å². The molecule has 1 saturated carbocycles. The van der Waals surface area contributed by atoms with E-state index in [1.807, 2.05) is 6.92 Å². The lowest BCUT2D eigenvalue weighted by Gasteiger charge is -2.42. The largest absolute Gasteiger partial charge is 0.401 e. The third-order valence-electron chi connectivity index (χ3n) is 4.65. The van der Waals surface area contributed by atoms with Crippen molar-refractivity contribution in [3.05, 3.63) is 0 Å². The van der Waals surface area contributed by atoms with Crippen molar-refractivity contribution in [1.29, 1.82) is 0 Å². The summed E-state index contributed by atoms with van der Waals surface area (Å²) in [5.41, 5.74) is 0. The highest BCUT2D eigenvalue weighted by Crippen LogP contribution is 2.34. The van der Waals surface area contributed by atoms with Gasteiger partial charge in [0.05, 0.1) is 6.54 Å². The number of hydrogen-bond donors (Lipinski definition) is 1. The van der Waals surface area contributed by atoms with Gasteiger partial charge in [0.2, 0.25) is 0 Å². The first-order valence-corrected chi connectivity index (χ1v) is 8.29. The molecule has 21 heavy (non-hydrogen) atoms. The fraction of sp³-hybridized carbons (Fsp3) is 1.00. The van der Waals surface area contributed by atoms with E-state index in [2.05, 4.69) is 26.1 Å². The Morgan fingerprint density at radius 3 is 2.33 bits per heavy atom. The Bertz CT molecular complexity index is 294. The molecule has 0 heterocycles. The quantitative estimate of drug-likeness (QED) is 0.767. The van der Waals surface area contributed by atoms with Gasteiger partial charge in [0.1, 0.15) is 0 Å². The van der Waals surface area contributed by atoms with Crippen molar-refractivity contribution >= 4 is 0 Å². The zero-order valence-electron chi connectivity index (χ0n) is 13.8. The lowest BCUT2D eigenvalue weighted by Crippen LogP contribution is -2.50. The molecule has 1 N–H and O–H groups in total. The molecule has 2 nitrogen and oxygen atoms in total. The zero-order chi connectivity index (χ0) is 16.0. The maximum absolute atomic E-state index is 12.6. The maximum Gasteiger partial charge on any atom is 0.401 e. The van der Waals surface area contributed by atoms with Gasteiger partial charge in [-0.1, -0.05) is 27.7 Å². The standard InChI is InChI=1S/C16H31F3N2/c1-5-7-20-15-9-12(3)8-13(4)14(15)10-21(6-2)11-16(17,18)19/h12-15,20H,5-11H2,1-4H3. The molecule has 4 unspecified atom stereocenters. The summed E-state index contributed by atoms with van der Waals surface area (Å²) in [5, 5.41) is 3.57. The van der Waals surface area contributed by atoms with Gasteiger partial charge in [-0.2, -0.15) is 13.2 Å². The summed E-state index contributed by atoms with van der Waals surface area (Å²) in [5.74, 6) is 1.45. The molecular weight excluding hydrogens is 277 g/mol. The SMILES string of the molecule is CCCNC1CC(C)CC(C)C1CN(CC)CC(F)(F)F. The van der Waals surface area contributed by atoms with Gasteiger partial charge in [-0.05, 0) is 50.1 Å². The molecular formula is C16H31F3N2. The summed E-state index contributed by atoms with van der Waals surface area (Å²) in [7, 11) is 0. The minimum absolute atomic E-state index is 0.315. The van der Waals surface area contributed by atoms with E-state index in [1.165, 1.54) is 0 Å². The molecule has 1 rings (SSSR count). The molecule has 0 aromatic rings. The van der Waals surface area contributed by atoms with Crippen LogP contribution in [0.2, 0.25) is 0 Å². The number of rotatable bonds is 7. The van der Waals surface area contributed by atoms with E-state index in [0.29, 0.717) is 36.9 Å². The molecule has 4 atom stereocenters. The maximum atomic E-state index is 12.6. The molecule has 0 aromatic heterocycles. The van der Waals surface area contributed by atoms with Gasteiger partial charge in [-0.15, -0.1) is 0 Å². The van der Waals surface area contributed by atoms with Crippen LogP contribution in [-0.4, -0.2) is 43.3 Å². The van der Waals surface area contributed by atoms with Crippen LogP contribution in [0.4, 0.5) is 13.2 Å². The first-order chi connectivity index (χ1) is 9.76. The Kier molecular flexibility index (Phi) is 7.48. The van der Waals surface area contributed by atoms with E-state index in [9.17, 15) is 13.2 Å². The molecule has 0 aliphatic heterocycles. The highest BCUT2D eigenvalue weighted by atomic mass is 19.4. The van der Waals surface area contributed by atoms with Gasteiger partial charge in [0.25, 0.3) is 0 Å². The number of alkyl halides is 3. The fourth-order valence-corrected chi connectivity index (χ4v) is 3.64. The summed E-state index contributed by atoms with van der Waals surface area (Å²) in [6.45, 7) is 9.55. The third-order valence-corrected chi connectivity index (χ3v) is 4.65. The minimum atomic E-state index is -4.10. The van der Waals surface area contributed by atoms with Gasteiger partial charge in [0.15, 0.2) is 0 Å². The molecule has 0 amide bonds. The van der Waals surface area contributed by atoms with Crippen molar-refractivity contribution in [2.24, 2.45) is 17.8 Å². The lowest BCUT2D eigenvalue weighted by atomic mass is 9.72. The topological polar surface area (TPSA) is 15.3 Å². The first-order valence-electron chi connectivity index (χ1n) is 8.29. The summed E-state index contributed by atoms with van der Waals surface area (Å²) in [6.07, 6.45) is -0.837. The number of halogens is 3. The second-order valence-corrected chi connectivity index (χ2v) is 6.72. The van der Waals surface area contributed by atoms with Crippen LogP contribution in [-0.2, 0) is 0 Å². The van der Waals surface area contributed by atoms with Crippen LogP contribution in [0, 0.1) is 17.8 Å². The second-order valence-electron chi connectivity index (χ2n) is 6.72. The Hall–Kier alpha value is -0.290. The summed E-state index contributed by atoms with van der Waals surface area (Å²) >= 11 is 0. The van der Waals surface area contributed by atoms with E-state index in [4.69, 9.17) is 0 Å². The van der Waals surface area contributed by atoms with Crippen LogP contribution in [0.25, 0.3) is 0 Å². The summed E-state index contributed by atoms with van der Waals surface area (Å²) < 4.78 is 37.9. The summed E-state index contributed by atoms with van der Waals surface area (Å²) in [6, 6.07) is 0.353. The van der Waals surface area contributed by atoms with E-state index >= 15 is 0 Å². The average molecular weight is 308 g/mol. The van der Waals surface area contributed by atoms with Crippen molar-refractivity contribution in [3.63, 3.8) is 0 Å². The van der Waals surface area contributed by atoms with Crippen molar-refractivity contribution < 1.29 is 13.2 Å². The zero-order valence-corrected chi connectivity index (χ0v) is 13.8. The van der Waals surface area contributed by atoms with Gasteiger partial charge >= 0.3 is 6.18 Å². The lowest BCUT2D eigenvalue weighted by molar-refractivity contribution is -0.148. The molecule has 126 valence electrons. The molecule has 5 heteroatoms. The molecule has 0 bridgehead atoms. The Labute approximate surface area is 127 Å². The highest BCUT2D eigenvalue weighted by molar-refractivity contribution is 4.89. The van der Waals surface area contributed by atoms with E-state index in [0.717, 1.165) is 25.8 Å². The minimum Gasteiger partial charge on any atom is -0.314 e. The third kappa shape index (κ3) is 6.55. The number of nitrogens with one attached hydrogen (secondary N) is 1. The summed E-state index contributed by atoms with van der Waals surface area (Å²) in [4.78, 5) is 1.55. The van der Waals surface area contributed by atoms with Crippen LogP contribution < -0.4 is 5.32 Å². The van der Waals surface area contributed by atoms with E-state index in [-0.39, 0.29) is 0 Å². The van der Waals surface area contributed by atoms with Crippen molar-refractivity contribution in [2.75, 3.05) is 26.2 Å². The van der Waals surface area contributed by atoms with Crippen LogP contribution in [0.1, 0.15) is 47.0 Å². The van der Waals surface area contributed by atoms with Gasteiger partial charge < -0.3 is 5.32 Å². The molecule has 1 aliphatic rings. The number of nitrogens with zero attached hydrogens (tertiary/aromatic N) is 1. The monoisotopic (exact) mass is 308 g/mol. The van der Waals surface area contributed by atoms with E-state index in [1.54, 1.807) is 4.90 Å². The van der Waals surface area contributed by atoms with Gasteiger partial charge in [-0.3, -0.25) is 4.90 Å². The predicted octanol–water partition coefficient (Wildman–Crippen LogP) is 3.92. The molecule has 1 aliphatic carbocycles. The molecule has 0 saturated heterocycles. The van der Waals surface area contributed by atoms with E-state index < -0.39 is 12.7 Å².